The van der Waals surface area contributed by atoms with Gasteiger partial charge in [0.05, 0.1) is 10.7 Å². The van der Waals surface area contributed by atoms with Crippen LogP contribution < -0.4 is 5.32 Å². The summed E-state index contributed by atoms with van der Waals surface area (Å²) in [5.41, 5.74) is -0.155. The van der Waals surface area contributed by atoms with Crippen molar-refractivity contribution in [1.29, 1.82) is 0 Å². The molecule has 1 N–H and O–H groups in total. The standard InChI is InChI=1S/C12H10N4O4S2/c1-7-14-15-12(22-7)21-6-10(17)13-11(18)8-3-2-4-9(5-8)16(19)20/h2-5H,6H2,1H3,(H,13,17,18). The topological polar surface area (TPSA) is 115 Å². The molecule has 0 atom stereocenters. The van der Waals surface area contributed by atoms with E-state index in [0.29, 0.717) is 4.34 Å². The largest absolute Gasteiger partial charge is 0.292 e. The summed E-state index contributed by atoms with van der Waals surface area (Å²) in [6.45, 7) is 1.80. The number of nitrogens with one attached hydrogen (secondary N) is 1. The van der Waals surface area contributed by atoms with Crippen LogP contribution in [0.15, 0.2) is 28.6 Å². The molecule has 1 aromatic heterocycles. The van der Waals surface area contributed by atoms with E-state index in [1.54, 1.807) is 6.92 Å². The van der Waals surface area contributed by atoms with Gasteiger partial charge in [-0.1, -0.05) is 29.2 Å². The predicted octanol–water partition coefficient (Wildman–Crippen LogP) is 1.80. The van der Waals surface area contributed by atoms with Gasteiger partial charge in [0.2, 0.25) is 5.91 Å². The van der Waals surface area contributed by atoms with Gasteiger partial charge in [0.15, 0.2) is 4.34 Å². The van der Waals surface area contributed by atoms with Crippen molar-refractivity contribution in [3.05, 3.63) is 45.0 Å². The van der Waals surface area contributed by atoms with Gasteiger partial charge in [0.25, 0.3) is 11.6 Å². The number of aryl methyl sites for hydroxylation is 1. The third-order valence-corrected chi connectivity index (χ3v) is 4.38. The number of hydrogen-bond acceptors (Lipinski definition) is 8. The number of amides is 2. The molecule has 1 aromatic carbocycles. The molecule has 0 unspecified atom stereocenters. The Kier molecular flexibility index (Phi) is 5.17. The maximum Gasteiger partial charge on any atom is 0.270 e. The van der Waals surface area contributed by atoms with E-state index < -0.39 is 16.7 Å². The molecule has 0 fully saturated rings. The van der Waals surface area contributed by atoms with Gasteiger partial charge in [-0.25, -0.2) is 0 Å². The first-order valence-corrected chi connectivity index (χ1v) is 7.77. The minimum Gasteiger partial charge on any atom is -0.292 e. The van der Waals surface area contributed by atoms with Crippen molar-refractivity contribution in [1.82, 2.24) is 15.5 Å². The number of imide groups is 1. The zero-order valence-corrected chi connectivity index (χ0v) is 12.9. The molecule has 0 saturated heterocycles. The number of nitro benzene ring substituents is 1. The monoisotopic (exact) mass is 338 g/mol. The number of aromatic nitrogens is 2. The molecule has 22 heavy (non-hydrogen) atoms. The van der Waals surface area contributed by atoms with Gasteiger partial charge >= 0.3 is 0 Å². The Hall–Kier alpha value is -2.33. The quantitative estimate of drug-likeness (QED) is 0.502. The fraction of sp³-hybridized carbons (Fsp3) is 0.167. The van der Waals surface area contributed by atoms with Gasteiger partial charge in [-0.2, -0.15) is 0 Å². The Bertz CT molecular complexity index is 731. The normalized spacial score (nSPS) is 10.2. The van der Waals surface area contributed by atoms with Crippen LogP contribution in [-0.4, -0.2) is 32.7 Å². The number of carbonyl (C=O) groups excluding carboxylic acids is 2. The molecule has 0 spiro atoms. The molecule has 0 saturated carbocycles. The lowest BCUT2D eigenvalue weighted by Crippen LogP contribution is -2.31. The molecule has 2 rings (SSSR count). The molecule has 2 aromatic rings. The maximum atomic E-state index is 11.9. The molecule has 2 amide bonds. The third-order valence-electron chi connectivity index (χ3n) is 2.41. The highest BCUT2D eigenvalue weighted by Crippen LogP contribution is 2.21. The molecule has 0 aliphatic rings. The molecule has 114 valence electrons. The van der Waals surface area contributed by atoms with Crippen molar-refractivity contribution in [2.45, 2.75) is 11.3 Å². The summed E-state index contributed by atoms with van der Waals surface area (Å²) in [7, 11) is 0. The van der Waals surface area contributed by atoms with E-state index >= 15 is 0 Å². The number of non-ortho nitro benzene ring substituents is 1. The Balaban J connectivity index is 1.92. The molecule has 0 bridgehead atoms. The highest BCUT2D eigenvalue weighted by Gasteiger charge is 2.14. The Morgan fingerprint density at radius 1 is 1.41 bits per heavy atom. The number of rotatable bonds is 5. The first-order valence-electron chi connectivity index (χ1n) is 5.97. The van der Waals surface area contributed by atoms with E-state index in [-0.39, 0.29) is 17.0 Å². The fourth-order valence-corrected chi connectivity index (χ4v) is 3.08. The average Bonchev–Trinajstić information content (AvgIpc) is 2.91. The number of thioether (sulfide) groups is 1. The third kappa shape index (κ3) is 4.33. The second-order valence-electron chi connectivity index (χ2n) is 4.06. The smallest absolute Gasteiger partial charge is 0.270 e. The van der Waals surface area contributed by atoms with Crippen LogP contribution in [0.4, 0.5) is 5.69 Å². The van der Waals surface area contributed by atoms with Crippen LogP contribution >= 0.6 is 23.1 Å². The number of hydrogen-bond donors (Lipinski definition) is 1. The first kappa shape index (κ1) is 16.0. The summed E-state index contributed by atoms with van der Waals surface area (Å²) in [5, 5.41) is 21.3. The Morgan fingerprint density at radius 2 is 2.18 bits per heavy atom. The van der Waals surface area contributed by atoms with E-state index in [1.807, 2.05) is 0 Å². The van der Waals surface area contributed by atoms with Gasteiger partial charge in [0, 0.05) is 17.7 Å². The van der Waals surface area contributed by atoms with Crippen molar-refractivity contribution in [3.63, 3.8) is 0 Å². The lowest BCUT2D eigenvalue weighted by molar-refractivity contribution is -0.384. The van der Waals surface area contributed by atoms with Crippen LogP contribution in [0.3, 0.4) is 0 Å². The summed E-state index contributed by atoms with van der Waals surface area (Å²) >= 11 is 2.52. The minimum atomic E-state index is -0.678. The molecular formula is C12H10N4O4S2. The van der Waals surface area contributed by atoms with Gasteiger partial charge in [-0.05, 0) is 13.0 Å². The summed E-state index contributed by atoms with van der Waals surface area (Å²) in [6.07, 6.45) is 0. The number of benzene rings is 1. The van der Waals surface area contributed by atoms with Gasteiger partial charge in [-0.3, -0.25) is 25.0 Å². The molecule has 8 nitrogen and oxygen atoms in total. The summed E-state index contributed by atoms with van der Waals surface area (Å²) in [6, 6.07) is 5.17. The Labute approximate surface area is 133 Å². The van der Waals surface area contributed by atoms with Crippen molar-refractivity contribution in [2.75, 3.05) is 5.75 Å². The lowest BCUT2D eigenvalue weighted by Gasteiger charge is -2.03. The molecule has 1 heterocycles. The van der Waals surface area contributed by atoms with Crippen molar-refractivity contribution >= 4 is 40.6 Å². The van der Waals surface area contributed by atoms with Crippen LogP contribution in [0.5, 0.6) is 0 Å². The van der Waals surface area contributed by atoms with Crippen LogP contribution in [-0.2, 0) is 4.79 Å². The number of nitrogens with zero attached hydrogens (tertiary/aromatic N) is 3. The van der Waals surface area contributed by atoms with Crippen LogP contribution in [0.1, 0.15) is 15.4 Å². The second kappa shape index (κ2) is 7.09. The van der Waals surface area contributed by atoms with E-state index in [0.717, 1.165) is 11.1 Å². The van der Waals surface area contributed by atoms with E-state index in [9.17, 15) is 19.7 Å². The minimum absolute atomic E-state index is 0.00923. The molecule has 0 aliphatic carbocycles. The van der Waals surface area contributed by atoms with Crippen LogP contribution in [0, 0.1) is 17.0 Å². The van der Waals surface area contributed by atoms with Crippen LogP contribution in [0.2, 0.25) is 0 Å². The van der Waals surface area contributed by atoms with Gasteiger partial charge in [0.1, 0.15) is 5.01 Å². The molecule has 10 heteroatoms. The SMILES string of the molecule is Cc1nnc(SCC(=O)NC(=O)c2cccc([N+](=O)[O-])c2)s1. The molecule has 0 radical (unpaired) electrons. The predicted molar refractivity (Wildman–Crippen MR) is 80.9 cm³/mol. The summed E-state index contributed by atoms with van der Waals surface area (Å²) < 4.78 is 0.635. The Morgan fingerprint density at radius 3 is 2.82 bits per heavy atom. The second-order valence-corrected chi connectivity index (χ2v) is 6.46. The van der Waals surface area contributed by atoms with E-state index in [2.05, 4.69) is 15.5 Å². The average molecular weight is 338 g/mol. The zero-order chi connectivity index (χ0) is 16.1. The van der Waals surface area contributed by atoms with Crippen LogP contribution in [0.25, 0.3) is 0 Å². The van der Waals surface area contributed by atoms with E-state index in [4.69, 9.17) is 0 Å². The maximum absolute atomic E-state index is 11.9. The summed E-state index contributed by atoms with van der Waals surface area (Å²) in [5.74, 6) is -1.17. The fourth-order valence-electron chi connectivity index (χ4n) is 1.46. The zero-order valence-electron chi connectivity index (χ0n) is 11.3. The first-order chi connectivity index (χ1) is 10.5. The van der Waals surface area contributed by atoms with Gasteiger partial charge < -0.3 is 0 Å². The van der Waals surface area contributed by atoms with Crippen molar-refractivity contribution < 1.29 is 14.5 Å². The highest BCUT2D eigenvalue weighted by atomic mass is 32.2. The lowest BCUT2D eigenvalue weighted by atomic mass is 10.2. The van der Waals surface area contributed by atoms with Crippen molar-refractivity contribution in [2.24, 2.45) is 0 Å². The molecule has 0 aliphatic heterocycles. The molecular weight excluding hydrogens is 328 g/mol. The summed E-state index contributed by atoms with van der Waals surface area (Å²) in [4.78, 5) is 33.6. The van der Waals surface area contributed by atoms with E-state index in [1.165, 1.54) is 41.3 Å². The van der Waals surface area contributed by atoms with Gasteiger partial charge in [-0.15, -0.1) is 10.2 Å². The highest BCUT2D eigenvalue weighted by molar-refractivity contribution is 8.01. The van der Waals surface area contributed by atoms with Crippen molar-refractivity contribution in [3.8, 4) is 0 Å². The number of nitro groups is 1. The number of carbonyl (C=O) groups is 2.